The van der Waals surface area contributed by atoms with Gasteiger partial charge in [0.1, 0.15) is 0 Å². The van der Waals surface area contributed by atoms with Gasteiger partial charge in [0, 0.05) is 0 Å². The predicted molar refractivity (Wildman–Crippen MR) is 30.6 cm³/mol. The van der Waals surface area contributed by atoms with E-state index in [1.165, 1.54) is 0 Å². The second-order valence-corrected chi connectivity index (χ2v) is 2.21. The Labute approximate surface area is 55.7 Å². The minimum absolute atomic E-state index is 0.219. The summed E-state index contributed by atoms with van der Waals surface area (Å²) in [6.07, 6.45) is 0. The summed E-state index contributed by atoms with van der Waals surface area (Å²) in [6, 6.07) is 0. The van der Waals surface area contributed by atoms with Crippen LogP contribution >= 0.6 is 34.8 Å². The number of hydrogen-bond donors (Lipinski definition) is 1. The van der Waals surface area contributed by atoms with Crippen LogP contribution in [0.4, 0.5) is 0 Å². The molecule has 0 rings (SSSR count). The Morgan fingerprint density at radius 2 is 2.00 bits per heavy atom. The van der Waals surface area contributed by atoms with Crippen LogP contribution in [0.25, 0.3) is 0 Å². The third-order valence-electron chi connectivity index (χ3n) is 0.276. The molecule has 0 aromatic carbocycles. The SMILES string of the molecule is O/N=C(\Cl)C(Cl)Cl. The van der Waals surface area contributed by atoms with Gasteiger partial charge in [-0.25, -0.2) is 0 Å². The van der Waals surface area contributed by atoms with Crippen molar-refractivity contribution < 1.29 is 5.21 Å². The molecule has 0 heterocycles. The molecule has 0 fully saturated rings. The van der Waals surface area contributed by atoms with Crippen molar-refractivity contribution in [1.29, 1.82) is 0 Å². The number of oxime groups is 1. The molecule has 5 heteroatoms. The van der Waals surface area contributed by atoms with E-state index in [0.717, 1.165) is 0 Å². The zero-order valence-corrected chi connectivity index (χ0v) is 5.37. The molecule has 0 aromatic rings. The average Bonchev–Trinajstić information content (AvgIpc) is 1.65. The van der Waals surface area contributed by atoms with Gasteiger partial charge in [-0.15, -0.1) is 0 Å². The van der Waals surface area contributed by atoms with Gasteiger partial charge in [-0.05, 0) is 0 Å². The predicted octanol–water partition coefficient (Wildman–Crippen LogP) is 1.82. The van der Waals surface area contributed by atoms with Crippen LogP contribution in [0.3, 0.4) is 0 Å². The quantitative estimate of drug-likeness (QED) is 0.271. The van der Waals surface area contributed by atoms with Crippen molar-refractivity contribution in [2.45, 2.75) is 4.84 Å². The van der Waals surface area contributed by atoms with Crippen LogP contribution < -0.4 is 0 Å². The lowest BCUT2D eigenvalue weighted by atomic mass is 10.9. The Hall–Kier alpha value is 0.340. The second kappa shape index (κ2) is 3.36. The Morgan fingerprint density at radius 1 is 1.57 bits per heavy atom. The van der Waals surface area contributed by atoms with Crippen molar-refractivity contribution in [3.63, 3.8) is 0 Å². The highest BCUT2D eigenvalue weighted by molar-refractivity contribution is 6.77. The largest absolute Gasteiger partial charge is 0.410 e. The summed E-state index contributed by atoms with van der Waals surface area (Å²) >= 11 is 15.2. The molecule has 0 amide bonds. The number of nitrogens with zero attached hydrogens (tertiary/aromatic N) is 1. The van der Waals surface area contributed by atoms with Gasteiger partial charge < -0.3 is 5.21 Å². The van der Waals surface area contributed by atoms with Crippen LogP contribution in [0.15, 0.2) is 5.16 Å². The lowest BCUT2D eigenvalue weighted by Gasteiger charge is -1.89. The standard InChI is InChI=1S/C2H2Cl3NO/c3-1(4)2(5)6-7/h1,7H/b6-2-. The maximum Gasteiger partial charge on any atom is 0.178 e. The first kappa shape index (κ1) is 7.34. The molecule has 2 nitrogen and oxygen atoms in total. The molecule has 0 aliphatic heterocycles. The van der Waals surface area contributed by atoms with E-state index in [1.54, 1.807) is 0 Å². The highest BCUT2D eigenvalue weighted by atomic mass is 35.5. The molecule has 0 saturated heterocycles. The molecule has 0 aromatic heterocycles. The minimum atomic E-state index is -0.924. The van der Waals surface area contributed by atoms with Gasteiger partial charge in [0.05, 0.1) is 0 Å². The van der Waals surface area contributed by atoms with Crippen LogP contribution in [0.1, 0.15) is 0 Å². The number of rotatable bonds is 1. The topological polar surface area (TPSA) is 32.6 Å². The molecule has 0 radical (unpaired) electrons. The van der Waals surface area contributed by atoms with Crippen LogP contribution in [0.5, 0.6) is 0 Å². The smallest absolute Gasteiger partial charge is 0.178 e. The molecule has 0 atom stereocenters. The van der Waals surface area contributed by atoms with Crippen molar-refractivity contribution in [3.05, 3.63) is 0 Å². The van der Waals surface area contributed by atoms with Gasteiger partial charge in [0.2, 0.25) is 0 Å². The summed E-state index contributed by atoms with van der Waals surface area (Å²) in [5.74, 6) is 0. The average molecular weight is 162 g/mol. The van der Waals surface area contributed by atoms with Gasteiger partial charge in [0.25, 0.3) is 0 Å². The minimum Gasteiger partial charge on any atom is -0.410 e. The molecular formula is C2H2Cl3NO. The molecule has 0 saturated carbocycles. The maximum absolute atomic E-state index is 7.79. The summed E-state index contributed by atoms with van der Waals surface area (Å²) in [6.45, 7) is 0. The van der Waals surface area contributed by atoms with E-state index in [9.17, 15) is 0 Å². The van der Waals surface area contributed by atoms with Gasteiger partial charge in [0.15, 0.2) is 10.0 Å². The molecule has 1 N–H and O–H groups in total. The van der Waals surface area contributed by atoms with Gasteiger partial charge >= 0.3 is 0 Å². The fourth-order valence-corrected chi connectivity index (χ4v) is 0.131. The first-order valence-corrected chi connectivity index (χ1v) is 2.59. The molecule has 0 bridgehead atoms. The zero-order chi connectivity index (χ0) is 5.86. The van der Waals surface area contributed by atoms with Gasteiger partial charge in [-0.2, -0.15) is 0 Å². The monoisotopic (exact) mass is 161 g/mol. The molecule has 0 unspecified atom stereocenters. The first-order chi connectivity index (χ1) is 3.18. The Balaban J connectivity index is 3.56. The number of hydrogen-bond acceptors (Lipinski definition) is 2. The summed E-state index contributed by atoms with van der Waals surface area (Å²) in [7, 11) is 0. The maximum atomic E-state index is 7.79. The highest BCUT2D eigenvalue weighted by Crippen LogP contribution is 2.06. The summed E-state index contributed by atoms with van der Waals surface area (Å²) in [5, 5.41) is 10.1. The fourth-order valence-electron chi connectivity index (χ4n) is 0.0436. The summed E-state index contributed by atoms with van der Waals surface area (Å²) < 4.78 is 0. The Bertz CT molecular complexity index is 81.0. The Kier molecular flexibility index (Phi) is 3.52. The van der Waals surface area contributed by atoms with Gasteiger partial charge in [-0.3, -0.25) is 0 Å². The molecule has 7 heavy (non-hydrogen) atoms. The van der Waals surface area contributed by atoms with Crippen molar-refractivity contribution in [2.24, 2.45) is 5.16 Å². The molecular weight excluding hydrogens is 160 g/mol. The van der Waals surface area contributed by atoms with E-state index in [0.29, 0.717) is 0 Å². The van der Waals surface area contributed by atoms with Gasteiger partial charge in [-0.1, -0.05) is 40.0 Å². The lowest BCUT2D eigenvalue weighted by Crippen LogP contribution is -1.97. The molecule has 0 aliphatic rings. The van der Waals surface area contributed by atoms with Crippen molar-refractivity contribution in [2.75, 3.05) is 0 Å². The van der Waals surface area contributed by atoms with Crippen LogP contribution in [-0.2, 0) is 0 Å². The van der Waals surface area contributed by atoms with E-state index in [-0.39, 0.29) is 5.17 Å². The molecule has 0 spiro atoms. The third kappa shape index (κ3) is 2.97. The van der Waals surface area contributed by atoms with Crippen LogP contribution in [0.2, 0.25) is 0 Å². The molecule has 0 aliphatic carbocycles. The van der Waals surface area contributed by atoms with Crippen molar-refractivity contribution in [3.8, 4) is 0 Å². The molecule has 42 valence electrons. The second-order valence-electron chi connectivity index (χ2n) is 0.723. The van der Waals surface area contributed by atoms with E-state index in [2.05, 4.69) is 5.16 Å². The fraction of sp³-hybridized carbons (Fsp3) is 0.500. The van der Waals surface area contributed by atoms with E-state index < -0.39 is 4.84 Å². The van der Waals surface area contributed by atoms with Crippen LogP contribution in [-0.4, -0.2) is 15.2 Å². The number of alkyl halides is 2. The van der Waals surface area contributed by atoms with Crippen molar-refractivity contribution >= 4 is 40.0 Å². The van der Waals surface area contributed by atoms with Crippen molar-refractivity contribution in [1.82, 2.24) is 0 Å². The summed E-state index contributed by atoms with van der Waals surface area (Å²) in [5.41, 5.74) is 0. The highest BCUT2D eigenvalue weighted by Gasteiger charge is 2.03. The lowest BCUT2D eigenvalue weighted by molar-refractivity contribution is 0.320. The van der Waals surface area contributed by atoms with Crippen LogP contribution in [0, 0.1) is 0 Å². The normalized spacial score (nSPS) is 12.9. The summed E-state index contributed by atoms with van der Waals surface area (Å²) in [4.78, 5) is -0.924. The first-order valence-electron chi connectivity index (χ1n) is 1.34. The van der Waals surface area contributed by atoms with E-state index in [4.69, 9.17) is 40.0 Å². The third-order valence-corrected chi connectivity index (χ3v) is 1.21. The van der Waals surface area contributed by atoms with E-state index in [1.807, 2.05) is 0 Å². The number of halogens is 3. The Morgan fingerprint density at radius 3 is 2.00 bits per heavy atom. The zero-order valence-electron chi connectivity index (χ0n) is 3.11. The van der Waals surface area contributed by atoms with E-state index >= 15 is 0 Å².